The van der Waals surface area contributed by atoms with Gasteiger partial charge in [0.05, 0.1) is 6.10 Å². The van der Waals surface area contributed by atoms with Crippen LogP contribution >= 0.6 is 0 Å². The third-order valence-corrected chi connectivity index (χ3v) is 2.85. The van der Waals surface area contributed by atoms with Gasteiger partial charge >= 0.3 is 5.97 Å². The van der Waals surface area contributed by atoms with Crippen LogP contribution in [0.1, 0.15) is 6.92 Å². The van der Waals surface area contributed by atoms with E-state index in [1.807, 2.05) is 0 Å². The third kappa shape index (κ3) is 1.61. The molecule has 0 bridgehead atoms. The van der Waals surface area contributed by atoms with Crippen LogP contribution in [0.4, 0.5) is 0 Å². The van der Waals surface area contributed by atoms with E-state index in [1.54, 1.807) is 6.92 Å². The van der Waals surface area contributed by atoms with Crippen molar-refractivity contribution in [3.8, 4) is 0 Å². The van der Waals surface area contributed by atoms with Gasteiger partial charge in [0.2, 0.25) is 0 Å². The molecule has 5 atom stereocenters. The predicted octanol–water partition coefficient (Wildman–Crippen LogP) is -2.14. The summed E-state index contributed by atoms with van der Waals surface area (Å²) in [6.07, 6.45) is -4.02. The maximum atomic E-state index is 10.8. The average Bonchev–Trinajstić information content (AvgIpc) is 2.11. The first-order valence-electron chi connectivity index (χ1n) is 4.37. The Morgan fingerprint density at radius 2 is 1.64 bits per heavy atom. The van der Waals surface area contributed by atoms with Gasteiger partial charge in [0.1, 0.15) is 18.2 Å². The summed E-state index contributed by atoms with van der Waals surface area (Å²) in [7, 11) is 1.49. The molecule has 1 rings (SSSR count). The lowest BCUT2D eigenvalue weighted by atomic mass is 9.89. The molecule has 14 heavy (non-hydrogen) atoms. The van der Waals surface area contributed by atoms with Gasteiger partial charge in [-0.25, -0.2) is 0 Å². The molecule has 0 aromatic rings. The van der Waals surface area contributed by atoms with Gasteiger partial charge in [-0.3, -0.25) is 9.69 Å². The molecule has 0 aliphatic carbocycles. The monoisotopic (exact) mass is 205 g/mol. The number of carboxylic acid groups (broad SMARTS) is 1. The lowest BCUT2D eigenvalue weighted by Gasteiger charge is -2.44. The molecule has 0 aromatic carbocycles. The molecule has 1 saturated heterocycles. The van der Waals surface area contributed by atoms with E-state index in [4.69, 9.17) is 5.11 Å². The fourth-order valence-corrected chi connectivity index (χ4v) is 1.73. The van der Waals surface area contributed by atoms with E-state index >= 15 is 0 Å². The van der Waals surface area contributed by atoms with E-state index in [0.29, 0.717) is 0 Å². The summed E-state index contributed by atoms with van der Waals surface area (Å²) in [5.41, 5.74) is 0. The normalized spacial score (nSPS) is 45.1. The van der Waals surface area contributed by atoms with Gasteiger partial charge in [-0.2, -0.15) is 0 Å². The summed E-state index contributed by atoms with van der Waals surface area (Å²) in [6.45, 7) is 1.59. The number of likely N-dealkylation sites (N-methyl/N-ethyl adjacent to an activating group) is 1. The molecule has 0 saturated carbocycles. The van der Waals surface area contributed by atoms with E-state index < -0.39 is 36.4 Å². The van der Waals surface area contributed by atoms with E-state index in [0.717, 1.165) is 0 Å². The zero-order valence-corrected chi connectivity index (χ0v) is 8.03. The highest BCUT2D eigenvalue weighted by Gasteiger charge is 2.47. The van der Waals surface area contributed by atoms with Gasteiger partial charge in [0, 0.05) is 6.04 Å². The SMILES string of the molecule is CC1C(O)C(O)C(O)C(C(=O)O)N1C. The Morgan fingerprint density at radius 3 is 2.07 bits per heavy atom. The van der Waals surface area contributed by atoms with Crippen LogP contribution < -0.4 is 0 Å². The second kappa shape index (κ2) is 3.82. The fourth-order valence-electron chi connectivity index (χ4n) is 1.73. The van der Waals surface area contributed by atoms with Gasteiger partial charge in [0.15, 0.2) is 0 Å². The van der Waals surface area contributed by atoms with Crippen LogP contribution in [-0.4, -0.2) is 68.7 Å². The van der Waals surface area contributed by atoms with Crippen molar-refractivity contribution >= 4 is 5.97 Å². The number of piperidine rings is 1. The number of likely N-dealkylation sites (tertiary alicyclic amines) is 1. The smallest absolute Gasteiger partial charge is 0.323 e. The third-order valence-electron chi connectivity index (χ3n) is 2.85. The Hall–Kier alpha value is -0.690. The molecule has 5 unspecified atom stereocenters. The molecule has 1 aliphatic rings. The van der Waals surface area contributed by atoms with Gasteiger partial charge in [-0.05, 0) is 14.0 Å². The topological polar surface area (TPSA) is 101 Å². The molecule has 1 fully saturated rings. The number of hydrogen-bond donors (Lipinski definition) is 4. The quantitative estimate of drug-likeness (QED) is 0.389. The number of aliphatic carboxylic acids is 1. The average molecular weight is 205 g/mol. The van der Waals surface area contributed by atoms with Crippen molar-refractivity contribution < 1.29 is 25.2 Å². The summed E-state index contributed by atoms with van der Waals surface area (Å²) in [5, 5.41) is 37.0. The Balaban J connectivity index is 2.92. The number of aliphatic hydroxyl groups is 3. The van der Waals surface area contributed by atoms with Crippen LogP contribution in [0.5, 0.6) is 0 Å². The van der Waals surface area contributed by atoms with Gasteiger partial charge in [-0.15, -0.1) is 0 Å². The maximum absolute atomic E-state index is 10.8. The minimum atomic E-state index is -1.47. The van der Waals surface area contributed by atoms with Crippen LogP contribution in [0, 0.1) is 0 Å². The summed E-state index contributed by atoms with van der Waals surface area (Å²) < 4.78 is 0. The molecular formula is C8H15NO5. The first-order chi connectivity index (χ1) is 6.37. The number of aliphatic hydroxyl groups excluding tert-OH is 3. The minimum Gasteiger partial charge on any atom is -0.480 e. The predicted molar refractivity (Wildman–Crippen MR) is 46.7 cm³/mol. The van der Waals surface area contributed by atoms with Crippen LogP contribution in [0.15, 0.2) is 0 Å². The van der Waals surface area contributed by atoms with E-state index in [-0.39, 0.29) is 0 Å². The number of nitrogens with zero attached hydrogens (tertiary/aromatic N) is 1. The molecule has 0 spiro atoms. The van der Waals surface area contributed by atoms with Crippen LogP contribution in [0.3, 0.4) is 0 Å². The van der Waals surface area contributed by atoms with Crippen molar-refractivity contribution in [2.75, 3.05) is 7.05 Å². The van der Waals surface area contributed by atoms with Crippen LogP contribution in [-0.2, 0) is 4.79 Å². The summed E-state index contributed by atoms with van der Waals surface area (Å²) in [5.74, 6) is -1.21. The van der Waals surface area contributed by atoms with E-state index in [9.17, 15) is 20.1 Å². The second-order valence-corrected chi connectivity index (χ2v) is 3.66. The Kier molecular flexibility index (Phi) is 3.10. The molecule has 82 valence electrons. The lowest BCUT2D eigenvalue weighted by Crippen LogP contribution is -2.66. The Morgan fingerprint density at radius 1 is 1.14 bits per heavy atom. The van der Waals surface area contributed by atoms with Crippen molar-refractivity contribution in [3.05, 3.63) is 0 Å². The highest BCUT2D eigenvalue weighted by atomic mass is 16.4. The molecule has 1 aliphatic heterocycles. The fraction of sp³-hybridized carbons (Fsp3) is 0.875. The number of rotatable bonds is 1. The highest BCUT2D eigenvalue weighted by Crippen LogP contribution is 2.22. The van der Waals surface area contributed by atoms with E-state index in [2.05, 4.69) is 0 Å². The van der Waals surface area contributed by atoms with Crippen molar-refractivity contribution in [2.24, 2.45) is 0 Å². The molecule has 0 amide bonds. The zero-order chi connectivity index (χ0) is 11.0. The number of carbonyl (C=O) groups is 1. The summed E-state index contributed by atoms with van der Waals surface area (Å²) in [4.78, 5) is 12.1. The van der Waals surface area contributed by atoms with Crippen molar-refractivity contribution in [2.45, 2.75) is 37.3 Å². The number of hydrogen-bond acceptors (Lipinski definition) is 5. The lowest BCUT2D eigenvalue weighted by molar-refractivity contribution is -0.178. The second-order valence-electron chi connectivity index (χ2n) is 3.66. The van der Waals surface area contributed by atoms with Crippen molar-refractivity contribution in [1.82, 2.24) is 4.90 Å². The molecule has 1 heterocycles. The highest BCUT2D eigenvalue weighted by molar-refractivity contribution is 5.74. The van der Waals surface area contributed by atoms with E-state index in [1.165, 1.54) is 11.9 Å². The largest absolute Gasteiger partial charge is 0.480 e. The molecule has 4 N–H and O–H groups in total. The molecule has 0 aromatic heterocycles. The first-order valence-corrected chi connectivity index (χ1v) is 4.37. The Bertz CT molecular complexity index is 218. The van der Waals surface area contributed by atoms with Crippen LogP contribution in [0.2, 0.25) is 0 Å². The first kappa shape index (κ1) is 11.4. The Labute approximate surface area is 81.4 Å². The van der Waals surface area contributed by atoms with Gasteiger partial charge in [-0.1, -0.05) is 0 Å². The molecule has 6 nitrogen and oxygen atoms in total. The number of carboxylic acids is 1. The van der Waals surface area contributed by atoms with Gasteiger partial charge in [0.25, 0.3) is 0 Å². The molecular weight excluding hydrogens is 190 g/mol. The van der Waals surface area contributed by atoms with Crippen LogP contribution in [0.25, 0.3) is 0 Å². The summed E-state index contributed by atoms with van der Waals surface area (Å²) >= 11 is 0. The van der Waals surface area contributed by atoms with Gasteiger partial charge < -0.3 is 20.4 Å². The zero-order valence-electron chi connectivity index (χ0n) is 8.03. The molecule has 0 radical (unpaired) electrons. The minimum absolute atomic E-state index is 0.505. The maximum Gasteiger partial charge on any atom is 0.323 e. The van der Waals surface area contributed by atoms with Crippen molar-refractivity contribution in [3.63, 3.8) is 0 Å². The standard InChI is InChI=1S/C8H15NO5/c1-3-5(10)7(12)6(11)4(8(13)14)9(3)2/h3-7,10-12H,1-2H3,(H,13,14). The molecule has 6 heteroatoms. The summed E-state index contributed by atoms with van der Waals surface area (Å²) in [6, 6.07) is -1.68. The van der Waals surface area contributed by atoms with Crippen molar-refractivity contribution in [1.29, 1.82) is 0 Å².